The van der Waals surface area contributed by atoms with Crippen molar-refractivity contribution < 1.29 is 13.5 Å². The summed E-state index contributed by atoms with van der Waals surface area (Å²) in [4.78, 5) is 0. The molecular formula is C13H28N2O3S. The van der Waals surface area contributed by atoms with E-state index in [2.05, 4.69) is 18.6 Å². The SMILES string of the molecule is CCC(C)(CCO)NS(=O)(=O)N1CC(C)CC(C)C1. The molecule has 1 saturated heterocycles. The Morgan fingerprint density at radius 2 is 1.84 bits per heavy atom. The van der Waals surface area contributed by atoms with Gasteiger partial charge in [0.1, 0.15) is 0 Å². The molecule has 0 aromatic rings. The lowest BCUT2D eigenvalue weighted by Gasteiger charge is -2.37. The summed E-state index contributed by atoms with van der Waals surface area (Å²) in [6.07, 6.45) is 2.17. The molecule has 6 heteroatoms. The van der Waals surface area contributed by atoms with E-state index in [9.17, 15) is 8.42 Å². The molecule has 0 aliphatic carbocycles. The Morgan fingerprint density at radius 3 is 2.26 bits per heavy atom. The molecule has 0 saturated carbocycles. The molecular weight excluding hydrogens is 264 g/mol. The molecule has 0 spiro atoms. The highest BCUT2D eigenvalue weighted by molar-refractivity contribution is 7.87. The lowest BCUT2D eigenvalue weighted by atomic mass is 9.94. The number of nitrogens with zero attached hydrogens (tertiary/aromatic N) is 1. The van der Waals surface area contributed by atoms with Gasteiger partial charge in [-0.05, 0) is 38.0 Å². The van der Waals surface area contributed by atoms with Crippen LogP contribution in [0.5, 0.6) is 0 Å². The topological polar surface area (TPSA) is 69.6 Å². The fourth-order valence-corrected chi connectivity index (χ4v) is 4.62. The smallest absolute Gasteiger partial charge is 0.279 e. The summed E-state index contributed by atoms with van der Waals surface area (Å²) in [5.41, 5.74) is -0.572. The van der Waals surface area contributed by atoms with Crippen molar-refractivity contribution in [3.05, 3.63) is 0 Å². The molecule has 1 rings (SSSR count). The zero-order valence-corrected chi connectivity index (χ0v) is 13.3. The average molecular weight is 292 g/mol. The molecule has 19 heavy (non-hydrogen) atoms. The second-order valence-corrected chi connectivity index (χ2v) is 7.93. The van der Waals surface area contributed by atoms with Crippen LogP contribution in [0.25, 0.3) is 0 Å². The molecule has 114 valence electrons. The van der Waals surface area contributed by atoms with Gasteiger partial charge in [0.2, 0.25) is 0 Å². The third kappa shape index (κ3) is 4.70. The summed E-state index contributed by atoms with van der Waals surface area (Å²) in [7, 11) is -3.47. The maximum atomic E-state index is 12.5. The molecule has 3 atom stereocenters. The van der Waals surface area contributed by atoms with Crippen LogP contribution >= 0.6 is 0 Å². The van der Waals surface area contributed by atoms with Crippen molar-refractivity contribution in [2.75, 3.05) is 19.7 Å². The highest BCUT2D eigenvalue weighted by atomic mass is 32.2. The predicted molar refractivity (Wildman–Crippen MR) is 77.0 cm³/mol. The predicted octanol–water partition coefficient (Wildman–Crippen LogP) is 1.35. The van der Waals surface area contributed by atoms with Crippen LogP contribution in [0, 0.1) is 11.8 Å². The second-order valence-electron chi connectivity index (χ2n) is 6.26. The fourth-order valence-electron chi connectivity index (χ4n) is 2.72. The first kappa shape index (κ1) is 16.9. The Balaban J connectivity index is 2.79. The zero-order chi connectivity index (χ0) is 14.7. The molecule has 1 heterocycles. The molecule has 5 nitrogen and oxygen atoms in total. The maximum Gasteiger partial charge on any atom is 0.279 e. The first-order valence-electron chi connectivity index (χ1n) is 7.12. The van der Waals surface area contributed by atoms with Crippen LogP contribution in [0.2, 0.25) is 0 Å². The Bertz CT molecular complexity index is 375. The number of nitrogens with one attached hydrogen (secondary N) is 1. The highest BCUT2D eigenvalue weighted by Gasteiger charge is 2.35. The van der Waals surface area contributed by atoms with Crippen molar-refractivity contribution >= 4 is 10.2 Å². The normalized spacial score (nSPS) is 29.1. The third-order valence-electron chi connectivity index (χ3n) is 3.99. The van der Waals surface area contributed by atoms with E-state index in [1.807, 2.05) is 13.8 Å². The van der Waals surface area contributed by atoms with Crippen LogP contribution in [0.3, 0.4) is 0 Å². The van der Waals surface area contributed by atoms with Gasteiger partial charge >= 0.3 is 0 Å². The first-order valence-corrected chi connectivity index (χ1v) is 8.56. The number of aliphatic hydroxyl groups excluding tert-OH is 1. The molecule has 1 aliphatic rings. The number of rotatable bonds is 6. The monoisotopic (exact) mass is 292 g/mol. The molecule has 0 radical (unpaired) electrons. The largest absolute Gasteiger partial charge is 0.396 e. The van der Waals surface area contributed by atoms with Crippen LogP contribution in [0.4, 0.5) is 0 Å². The van der Waals surface area contributed by atoms with Gasteiger partial charge in [-0.2, -0.15) is 17.4 Å². The minimum Gasteiger partial charge on any atom is -0.396 e. The molecule has 3 unspecified atom stereocenters. The van der Waals surface area contributed by atoms with Crippen LogP contribution in [-0.4, -0.2) is 43.1 Å². The van der Waals surface area contributed by atoms with Gasteiger partial charge in [0.05, 0.1) is 0 Å². The zero-order valence-electron chi connectivity index (χ0n) is 12.5. The lowest BCUT2D eigenvalue weighted by molar-refractivity contribution is 0.207. The van der Waals surface area contributed by atoms with Crippen LogP contribution in [-0.2, 0) is 10.2 Å². The summed E-state index contributed by atoms with van der Waals surface area (Å²) in [5, 5.41) is 9.08. The molecule has 0 aromatic carbocycles. The van der Waals surface area contributed by atoms with Crippen LogP contribution in [0.15, 0.2) is 0 Å². The molecule has 2 N–H and O–H groups in total. The minimum atomic E-state index is -3.47. The summed E-state index contributed by atoms with van der Waals surface area (Å²) < 4.78 is 29.2. The van der Waals surface area contributed by atoms with E-state index in [1.165, 1.54) is 0 Å². The fraction of sp³-hybridized carbons (Fsp3) is 1.00. The molecule has 0 aromatic heterocycles. The summed E-state index contributed by atoms with van der Waals surface area (Å²) in [6.45, 7) is 9.10. The van der Waals surface area contributed by atoms with Gasteiger partial charge in [-0.3, -0.25) is 0 Å². The summed E-state index contributed by atoms with van der Waals surface area (Å²) in [6, 6.07) is 0. The standard InChI is InChI=1S/C13H28N2O3S/c1-5-13(4,6-7-16)14-19(17,18)15-9-11(2)8-12(3)10-15/h11-12,14,16H,5-10H2,1-4H3. The van der Waals surface area contributed by atoms with E-state index in [0.29, 0.717) is 37.8 Å². The average Bonchev–Trinajstić information content (AvgIpc) is 2.27. The van der Waals surface area contributed by atoms with E-state index < -0.39 is 15.7 Å². The number of hydrogen-bond donors (Lipinski definition) is 2. The van der Waals surface area contributed by atoms with Crippen molar-refractivity contribution in [2.24, 2.45) is 11.8 Å². The van der Waals surface area contributed by atoms with Crippen molar-refractivity contribution in [1.29, 1.82) is 0 Å². The van der Waals surface area contributed by atoms with E-state index in [-0.39, 0.29) is 6.61 Å². The van der Waals surface area contributed by atoms with Gasteiger partial charge in [0, 0.05) is 25.2 Å². The summed E-state index contributed by atoms with van der Waals surface area (Å²) in [5.74, 6) is 0.789. The van der Waals surface area contributed by atoms with Crippen molar-refractivity contribution in [3.8, 4) is 0 Å². The van der Waals surface area contributed by atoms with Crippen molar-refractivity contribution in [2.45, 2.75) is 52.5 Å². The Kier molecular flexibility index (Phi) is 5.79. The van der Waals surface area contributed by atoms with E-state index in [0.717, 1.165) is 6.42 Å². The first-order chi connectivity index (χ1) is 8.72. The highest BCUT2D eigenvalue weighted by Crippen LogP contribution is 2.24. The Hall–Kier alpha value is -0.170. The molecule has 1 aliphatic heterocycles. The molecule has 0 amide bonds. The molecule has 0 bridgehead atoms. The van der Waals surface area contributed by atoms with Gasteiger partial charge in [-0.15, -0.1) is 0 Å². The Labute approximate surface area is 117 Å². The number of aliphatic hydroxyl groups is 1. The van der Waals surface area contributed by atoms with E-state index in [1.54, 1.807) is 4.31 Å². The van der Waals surface area contributed by atoms with Gasteiger partial charge in [0.25, 0.3) is 10.2 Å². The van der Waals surface area contributed by atoms with Crippen LogP contribution in [0.1, 0.15) is 47.0 Å². The minimum absolute atomic E-state index is 0.0142. The van der Waals surface area contributed by atoms with Gasteiger partial charge in [-0.25, -0.2) is 0 Å². The van der Waals surface area contributed by atoms with Gasteiger partial charge in [0.15, 0.2) is 0 Å². The lowest BCUT2D eigenvalue weighted by Crippen LogP contribution is -2.54. The second kappa shape index (κ2) is 6.52. The van der Waals surface area contributed by atoms with E-state index >= 15 is 0 Å². The van der Waals surface area contributed by atoms with Gasteiger partial charge < -0.3 is 5.11 Å². The maximum absolute atomic E-state index is 12.5. The number of piperidine rings is 1. The van der Waals surface area contributed by atoms with Crippen LogP contribution < -0.4 is 4.72 Å². The Morgan fingerprint density at radius 1 is 1.32 bits per heavy atom. The van der Waals surface area contributed by atoms with Crippen molar-refractivity contribution in [1.82, 2.24) is 9.03 Å². The van der Waals surface area contributed by atoms with Gasteiger partial charge in [-0.1, -0.05) is 20.8 Å². The number of hydrogen-bond acceptors (Lipinski definition) is 3. The van der Waals surface area contributed by atoms with Crippen molar-refractivity contribution in [3.63, 3.8) is 0 Å². The summed E-state index contributed by atoms with van der Waals surface area (Å²) >= 11 is 0. The van der Waals surface area contributed by atoms with E-state index in [4.69, 9.17) is 5.11 Å². The molecule has 1 fully saturated rings. The quantitative estimate of drug-likeness (QED) is 0.776. The third-order valence-corrected chi connectivity index (χ3v) is 5.72.